The zero-order valence-electron chi connectivity index (χ0n) is 22.0. The highest BCUT2D eigenvalue weighted by Gasteiger charge is 2.48. The number of methoxy groups -OCH3 is 1. The Hall–Kier alpha value is -3.95. The maximum absolute atomic E-state index is 13.9. The minimum Gasteiger partial charge on any atom is -0.507 e. The molecule has 1 fully saturated rings. The summed E-state index contributed by atoms with van der Waals surface area (Å²) in [7, 11) is 1.50. The van der Waals surface area contributed by atoms with Gasteiger partial charge in [-0.3, -0.25) is 14.5 Å². The van der Waals surface area contributed by atoms with E-state index < -0.39 is 23.5 Å². The summed E-state index contributed by atoms with van der Waals surface area (Å²) < 4.78 is 25.9. The molecule has 2 heterocycles. The molecule has 1 aliphatic rings. The number of rotatable bonds is 8. The summed E-state index contributed by atoms with van der Waals surface area (Å²) in [5.41, 5.74) is 1.17. The number of ketones is 1. The topological polar surface area (TPSA) is 89.0 Å². The largest absolute Gasteiger partial charge is 0.507 e. The van der Waals surface area contributed by atoms with Crippen LogP contribution < -0.4 is 14.4 Å². The highest BCUT2D eigenvalue weighted by Crippen LogP contribution is 2.46. The second-order valence-corrected chi connectivity index (χ2v) is 11.2. The number of benzene rings is 3. The highest BCUT2D eigenvalue weighted by atomic mass is 35.5. The number of hydrogen-bond acceptors (Lipinski definition) is 7. The number of aliphatic hydroxyl groups excluding tert-OH is 1. The van der Waals surface area contributed by atoms with Crippen LogP contribution in [0.1, 0.15) is 37.4 Å². The Balaban J connectivity index is 1.66. The molecule has 40 heavy (non-hydrogen) atoms. The van der Waals surface area contributed by atoms with Gasteiger partial charge in [0.2, 0.25) is 0 Å². The zero-order valence-corrected chi connectivity index (χ0v) is 23.6. The van der Waals surface area contributed by atoms with E-state index in [0.29, 0.717) is 50.4 Å². The van der Waals surface area contributed by atoms with E-state index in [9.17, 15) is 19.1 Å². The summed E-state index contributed by atoms with van der Waals surface area (Å²) in [6.45, 7) is 4.69. The maximum atomic E-state index is 13.9. The summed E-state index contributed by atoms with van der Waals surface area (Å²) in [4.78, 5) is 32.7. The monoisotopic (exact) mass is 580 g/mol. The number of nitrogens with zero attached hydrogens (tertiary/aromatic N) is 2. The van der Waals surface area contributed by atoms with Crippen molar-refractivity contribution in [2.24, 2.45) is 5.92 Å². The van der Waals surface area contributed by atoms with Crippen LogP contribution >= 0.6 is 22.9 Å². The lowest BCUT2D eigenvalue weighted by atomic mass is 9.95. The number of amides is 1. The second-order valence-electron chi connectivity index (χ2n) is 9.73. The molecule has 1 atom stereocenters. The number of carbonyl (C=O) groups is 2. The van der Waals surface area contributed by atoms with Gasteiger partial charge in [0, 0.05) is 10.6 Å². The molecule has 0 spiro atoms. The molecule has 3 aromatic carbocycles. The number of aliphatic hydroxyl groups is 1. The van der Waals surface area contributed by atoms with Gasteiger partial charge in [-0.05, 0) is 72.5 Å². The smallest absolute Gasteiger partial charge is 0.301 e. The lowest BCUT2D eigenvalue weighted by Crippen LogP contribution is -2.29. The number of halogens is 2. The van der Waals surface area contributed by atoms with Crippen molar-refractivity contribution in [2.75, 3.05) is 18.6 Å². The fourth-order valence-electron chi connectivity index (χ4n) is 4.48. The van der Waals surface area contributed by atoms with Gasteiger partial charge in [-0.2, -0.15) is 0 Å². The van der Waals surface area contributed by atoms with E-state index in [-0.39, 0.29) is 16.5 Å². The number of carbonyl (C=O) groups excluding carboxylic acids is 2. The van der Waals surface area contributed by atoms with Crippen LogP contribution in [0.15, 0.2) is 66.2 Å². The van der Waals surface area contributed by atoms with E-state index >= 15 is 0 Å². The number of anilines is 1. The number of hydrogen-bond donors (Lipinski definition) is 1. The molecule has 0 bridgehead atoms. The van der Waals surface area contributed by atoms with Crippen LogP contribution in [0.4, 0.5) is 9.52 Å². The first-order chi connectivity index (χ1) is 19.2. The van der Waals surface area contributed by atoms with Gasteiger partial charge in [0.15, 0.2) is 16.6 Å². The number of Topliss-reactive ketones (excluding diaryl/α,β-unsaturated/α-hetero) is 1. The average molecular weight is 581 g/mol. The van der Waals surface area contributed by atoms with Crippen molar-refractivity contribution in [2.45, 2.75) is 26.3 Å². The van der Waals surface area contributed by atoms with Crippen molar-refractivity contribution in [1.29, 1.82) is 0 Å². The summed E-state index contributed by atoms with van der Waals surface area (Å²) in [5.74, 6) is -1.16. The lowest BCUT2D eigenvalue weighted by Gasteiger charge is -2.24. The number of fused-ring (bicyclic) bond motifs is 1. The lowest BCUT2D eigenvalue weighted by molar-refractivity contribution is -0.132. The van der Waals surface area contributed by atoms with E-state index in [1.54, 1.807) is 42.5 Å². The molecule has 1 amide bonds. The SMILES string of the molecule is COc1cc(C2/C(=C(\O)c3ccc(Cl)cc3)C(=O)C(=O)N2c2nc3ccc(F)cc3s2)ccc1OCCC(C)C. The Labute approximate surface area is 239 Å². The van der Waals surface area contributed by atoms with E-state index in [2.05, 4.69) is 18.8 Å². The molecular formula is C30H26ClFN2O5S. The third kappa shape index (κ3) is 5.26. The first kappa shape index (κ1) is 27.6. The molecule has 4 aromatic rings. The van der Waals surface area contributed by atoms with E-state index in [4.69, 9.17) is 21.1 Å². The molecule has 1 N–H and O–H groups in total. The van der Waals surface area contributed by atoms with Crippen molar-refractivity contribution >= 4 is 55.7 Å². The molecule has 0 saturated carbocycles. The van der Waals surface area contributed by atoms with Gasteiger partial charge in [0.25, 0.3) is 5.78 Å². The molecule has 0 aliphatic carbocycles. The summed E-state index contributed by atoms with van der Waals surface area (Å²) in [6, 6.07) is 14.5. The van der Waals surface area contributed by atoms with Crippen LogP contribution in [0.5, 0.6) is 11.5 Å². The summed E-state index contributed by atoms with van der Waals surface area (Å²) in [5, 5.41) is 12.0. The molecule has 1 aromatic heterocycles. The Bertz CT molecular complexity index is 1630. The van der Waals surface area contributed by atoms with Crippen LogP contribution in [0.2, 0.25) is 5.02 Å². The standard InChI is InChI=1S/C30H26ClFN2O5S/c1-16(2)12-13-39-22-11-6-18(14-23(22)38-3)26-25(27(35)17-4-7-19(31)8-5-17)28(36)29(37)34(26)30-33-21-10-9-20(32)15-24(21)40-30/h4-11,14-16,26,35H,12-13H2,1-3H3/b27-25+. The second kappa shape index (κ2) is 11.3. The Kier molecular flexibility index (Phi) is 7.78. The van der Waals surface area contributed by atoms with Crippen molar-refractivity contribution in [1.82, 2.24) is 4.98 Å². The Morgan fingerprint density at radius 1 is 1.10 bits per heavy atom. The predicted octanol–water partition coefficient (Wildman–Crippen LogP) is 7.15. The molecule has 206 valence electrons. The van der Waals surface area contributed by atoms with E-state index in [1.807, 2.05) is 0 Å². The van der Waals surface area contributed by atoms with Crippen LogP contribution in [0, 0.1) is 11.7 Å². The van der Waals surface area contributed by atoms with Crippen molar-refractivity contribution < 1.29 is 28.6 Å². The predicted molar refractivity (Wildman–Crippen MR) is 154 cm³/mol. The Morgan fingerprint density at radius 2 is 1.85 bits per heavy atom. The first-order valence-corrected chi connectivity index (χ1v) is 13.8. The molecule has 1 unspecified atom stereocenters. The molecule has 5 rings (SSSR count). The number of aromatic nitrogens is 1. The molecule has 1 saturated heterocycles. The summed E-state index contributed by atoms with van der Waals surface area (Å²) in [6.07, 6.45) is 0.852. The van der Waals surface area contributed by atoms with Crippen molar-refractivity contribution in [3.05, 3.63) is 88.2 Å². The van der Waals surface area contributed by atoms with E-state index in [0.717, 1.165) is 17.8 Å². The minimum absolute atomic E-state index is 0.117. The molecule has 1 aliphatic heterocycles. The van der Waals surface area contributed by atoms with Crippen LogP contribution in [0.3, 0.4) is 0 Å². The first-order valence-electron chi connectivity index (χ1n) is 12.6. The van der Waals surface area contributed by atoms with Crippen LogP contribution in [0.25, 0.3) is 16.0 Å². The van der Waals surface area contributed by atoms with Crippen LogP contribution in [-0.4, -0.2) is 35.5 Å². The molecular weight excluding hydrogens is 555 g/mol. The van der Waals surface area contributed by atoms with Gasteiger partial charge >= 0.3 is 5.91 Å². The average Bonchev–Trinajstić information content (AvgIpc) is 3.46. The van der Waals surface area contributed by atoms with Gasteiger partial charge < -0.3 is 14.6 Å². The minimum atomic E-state index is -1.04. The zero-order chi connectivity index (χ0) is 28.6. The quantitative estimate of drug-likeness (QED) is 0.135. The highest BCUT2D eigenvalue weighted by molar-refractivity contribution is 7.22. The van der Waals surface area contributed by atoms with Gasteiger partial charge in [-0.1, -0.05) is 42.9 Å². The van der Waals surface area contributed by atoms with Gasteiger partial charge in [-0.25, -0.2) is 9.37 Å². The summed E-state index contributed by atoms with van der Waals surface area (Å²) >= 11 is 7.10. The third-order valence-electron chi connectivity index (χ3n) is 6.56. The fourth-order valence-corrected chi connectivity index (χ4v) is 5.62. The maximum Gasteiger partial charge on any atom is 0.301 e. The fraction of sp³-hybridized carbons (Fsp3) is 0.233. The van der Waals surface area contributed by atoms with Gasteiger partial charge in [0.1, 0.15) is 11.6 Å². The van der Waals surface area contributed by atoms with Gasteiger partial charge in [0.05, 0.1) is 35.5 Å². The number of ether oxygens (including phenoxy) is 2. The Morgan fingerprint density at radius 3 is 2.55 bits per heavy atom. The molecule has 10 heteroatoms. The van der Waals surface area contributed by atoms with Crippen molar-refractivity contribution in [3.63, 3.8) is 0 Å². The van der Waals surface area contributed by atoms with Gasteiger partial charge in [-0.15, -0.1) is 0 Å². The van der Waals surface area contributed by atoms with Crippen LogP contribution in [-0.2, 0) is 9.59 Å². The number of thiazole rings is 1. The van der Waals surface area contributed by atoms with E-state index in [1.165, 1.54) is 30.2 Å². The normalized spacial score (nSPS) is 16.8. The van der Waals surface area contributed by atoms with Crippen molar-refractivity contribution in [3.8, 4) is 11.5 Å². The third-order valence-corrected chi connectivity index (χ3v) is 7.83. The molecule has 7 nitrogen and oxygen atoms in total. The molecule has 0 radical (unpaired) electrons.